The third-order valence-electron chi connectivity index (χ3n) is 9.97. The van der Waals surface area contributed by atoms with Crippen LogP contribution in [0.5, 0.6) is 0 Å². The van der Waals surface area contributed by atoms with Gasteiger partial charge in [-0.3, -0.25) is 0 Å². The number of anilines is 2. The van der Waals surface area contributed by atoms with Crippen LogP contribution in [-0.4, -0.2) is 21.0 Å². The average molecular weight is 850 g/mol. The van der Waals surface area contributed by atoms with Crippen molar-refractivity contribution >= 4 is 52.4 Å². The molecule has 1 heterocycles. The Morgan fingerprint density at radius 1 is 0.558 bits per heavy atom. The van der Waals surface area contributed by atoms with Gasteiger partial charge >= 0.3 is 216 Å². The first-order chi connectivity index (χ1) is 24.7. The second kappa shape index (κ2) is 24.2. The van der Waals surface area contributed by atoms with Gasteiger partial charge < -0.3 is 19.3 Å². The summed E-state index contributed by atoms with van der Waals surface area (Å²) in [4.78, 5) is 5.00. The van der Waals surface area contributed by atoms with E-state index in [1.165, 1.54) is 145 Å². The van der Waals surface area contributed by atoms with E-state index in [9.17, 15) is 0 Å². The molecular formula is C46H66Cl2N2PRu-3. The van der Waals surface area contributed by atoms with Crippen LogP contribution in [0.4, 0.5) is 11.4 Å². The van der Waals surface area contributed by atoms with Crippen LogP contribution in [0.1, 0.15) is 135 Å². The molecule has 52 heavy (non-hydrogen) atoms. The van der Waals surface area contributed by atoms with E-state index in [-0.39, 0.29) is 9.90 Å². The molecule has 0 bridgehead atoms. The molecule has 0 spiro atoms. The molecule has 3 aromatic carbocycles. The standard InChI is InChI=1S/C21H26N2.C7H4Cl2.3C6H11.H3P.Ru/c1-14-9-16(3)20(17(4)10-14)22-7-8-23(13-22)21-18(5)11-15(2)12-19(21)6;8-5-6-3-1-2-4-7(6)9;3*1-2-4-6-5-3-1;;/h9-12H,7-8H2,1-6H3;1-4H;3*1H,2-6H2;1H3;/q;;3*-1;;. The first-order valence-corrected chi connectivity index (χ1v) is 22.1. The predicted molar refractivity (Wildman–Crippen MR) is 236 cm³/mol. The Labute approximate surface area is 339 Å². The van der Waals surface area contributed by atoms with E-state index in [0.717, 1.165) is 22.2 Å². The number of aryl methyl sites for hydroxylation is 6. The van der Waals surface area contributed by atoms with E-state index in [4.69, 9.17) is 23.2 Å². The van der Waals surface area contributed by atoms with Gasteiger partial charge in [0.1, 0.15) is 0 Å². The molecule has 7 rings (SSSR count). The van der Waals surface area contributed by atoms with Gasteiger partial charge in [-0.05, 0) is 0 Å². The van der Waals surface area contributed by atoms with Crippen molar-refractivity contribution in [2.24, 2.45) is 0 Å². The zero-order valence-electron chi connectivity index (χ0n) is 33.1. The monoisotopic (exact) mass is 849 g/mol. The summed E-state index contributed by atoms with van der Waals surface area (Å²) < 4.78 is 2.14. The quantitative estimate of drug-likeness (QED) is 0.147. The Bertz CT molecular complexity index is 1420. The van der Waals surface area contributed by atoms with Crippen LogP contribution >= 0.6 is 33.1 Å². The summed E-state index contributed by atoms with van der Waals surface area (Å²) in [5, 5.41) is 0.707. The maximum Gasteiger partial charge on any atom is -0.0582 e. The van der Waals surface area contributed by atoms with E-state index >= 15 is 0 Å². The number of benzene rings is 3. The van der Waals surface area contributed by atoms with Gasteiger partial charge in [0.2, 0.25) is 0 Å². The summed E-state index contributed by atoms with van der Waals surface area (Å²) in [6.45, 7) is 15.1. The van der Waals surface area contributed by atoms with Gasteiger partial charge in [-0.1, -0.05) is 57.8 Å². The van der Waals surface area contributed by atoms with Gasteiger partial charge in [0.25, 0.3) is 0 Å². The van der Waals surface area contributed by atoms with Crippen LogP contribution in [0.3, 0.4) is 0 Å². The van der Waals surface area contributed by atoms with Crippen molar-refractivity contribution in [3.63, 3.8) is 0 Å². The molecule has 6 heteroatoms. The molecule has 0 amide bonds. The smallest absolute Gasteiger partial charge is 0.0582 e. The Morgan fingerprint density at radius 2 is 0.904 bits per heavy atom. The van der Waals surface area contributed by atoms with Crippen LogP contribution in [-0.2, 0) is 16.2 Å². The SMILES string of the molecule is Cc1cc(C)c(N2CCN(c3c(C)cc(C)cc3C)[C]2=[Ru]=[C](Cl)c2ccccc2Cl)c(C)c1.P.[CH-]1CCCCC1.[CH-]1CCCCC1.[CH-]1CCCCC1. The Balaban J connectivity index is 0.000000309. The normalized spacial score (nSPS) is 17.0. The molecule has 0 N–H and O–H groups in total. The third kappa shape index (κ3) is 14.0. The summed E-state index contributed by atoms with van der Waals surface area (Å²) in [5.41, 5.74) is 11.4. The molecule has 2 nitrogen and oxygen atoms in total. The second-order valence-corrected chi connectivity index (χ2v) is 18.0. The van der Waals surface area contributed by atoms with Crippen molar-refractivity contribution in [2.45, 2.75) is 138 Å². The van der Waals surface area contributed by atoms with Gasteiger partial charge in [-0.15, -0.1) is 0 Å². The maximum absolute atomic E-state index is 7.00. The average Bonchev–Trinajstić information content (AvgIpc) is 3.52. The molecule has 4 aliphatic rings. The second-order valence-electron chi connectivity index (χ2n) is 14.7. The van der Waals surface area contributed by atoms with Crippen LogP contribution < -0.4 is 9.80 Å². The van der Waals surface area contributed by atoms with E-state index in [2.05, 4.69) is 94.9 Å². The number of rotatable bonds is 3. The van der Waals surface area contributed by atoms with Gasteiger partial charge in [0.15, 0.2) is 0 Å². The first kappa shape index (κ1) is 45.0. The molecular weight excluding hydrogens is 783 g/mol. The molecule has 3 saturated carbocycles. The van der Waals surface area contributed by atoms with Crippen molar-refractivity contribution in [2.75, 3.05) is 22.9 Å². The Morgan fingerprint density at radius 3 is 1.19 bits per heavy atom. The fourth-order valence-electron chi connectivity index (χ4n) is 7.64. The topological polar surface area (TPSA) is 6.48 Å². The zero-order chi connectivity index (χ0) is 36.6. The van der Waals surface area contributed by atoms with E-state index in [1.807, 2.05) is 24.3 Å². The van der Waals surface area contributed by atoms with Crippen molar-refractivity contribution < 1.29 is 16.2 Å². The molecule has 1 aliphatic heterocycles. The fraction of sp³-hybridized carbons (Fsp3) is 0.500. The maximum atomic E-state index is 7.00. The van der Waals surface area contributed by atoms with Crippen molar-refractivity contribution in [3.8, 4) is 0 Å². The minimum Gasteiger partial charge on any atom is -0.328 e. The summed E-state index contributed by atoms with van der Waals surface area (Å²) >= 11 is 13.1. The molecule has 1 atom stereocenters. The van der Waals surface area contributed by atoms with Crippen molar-refractivity contribution in [1.29, 1.82) is 0 Å². The summed E-state index contributed by atoms with van der Waals surface area (Å²) in [6.07, 6.45) is 28.5. The first-order valence-electron chi connectivity index (χ1n) is 19.6. The van der Waals surface area contributed by atoms with Crippen molar-refractivity contribution in [3.05, 3.63) is 112 Å². The largest absolute Gasteiger partial charge is 0.328 e. The minimum atomic E-state index is -0.436. The predicted octanol–water partition coefficient (Wildman–Crippen LogP) is 13.6. The molecule has 1 unspecified atom stereocenters. The van der Waals surface area contributed by atoms with Gasteiger partial charge in [-0.25, -0.2) is 0 Å². The third-order valence-corrected chi connectivity index (χ3v) is 13.1. The van der Waals surface area contributed by atoms with Gasteiger partial charge in [0.05, 0.1) is 0 Å². The molecule has 0 aromatic heterocycles. The summed E-state index contributed by atoms with van der Waals surface area (Å²) in [6, 6.07) is 17.0. The number of hydrogen-bond acceptors (Lipinski definition) is 2. The Kier molecular flexibility index (Phi) is 21.0. The molecule has 3 aromatic rings. The van der Waals surface area contributed by atoms with Gasteiger partial charge in [0, 0.05) is 0 Å². The van der Waals surface area contributed by atoms with E-state index in [0.29, 0.717) is 5.02 Å². The number of halogens is 2. The fourth-order valence-corrected chi connectivity index (χ4v) is 10.8. The van der Waals surface area contributed by atoms with Crippen molar-refractivity contribution in [1.82, 2.24) is 0 Å². The van der Waals surface area contributed by atoms with E-state index < -0.39 is 16.2 Å². The summed E-state index contributed by atoms with van der Waals surface area (Å²) in [5.74, 6) is 0. The molecule has 3 aliphatic carbocycles. The number of hydrogen-bond donors (Lipinski definition) is 0. The number of nitrogens with zero attached hydrogens (tertiary/aromatic N) is 2. The van der Waals surface area contributed by atoms with Crippen LogP contribution in [0, 0.1) is 60.8 Å². The molecule has 0 radical (unpaired) electrons. The van der Waals surface area contributed by atoms with E-state index in [1.54, 1.807) is 0 Å². The molecule has 4 fully saturated rings. The molecule has 290 valence electrons. The minimum absolute atomic E-state index is 0. The summed E-state index contributed by atoms with van der Waals surface area (Å²) in [7, 11) is 0. The van der Waals surface area contributed by atoms with Crippen LogP contribution in [0.2, 0.25) is 5.02 Å². The van der Waals surface area contributed by atoms with Crippen LogP contribution in [0.25, 0.3) is 0 Å². The zero-order valence-corrected chi connectivity index (χ0v) is 37.7. The molecule has 1 saturated heterocycles. The van der Waals surface area contributed by atoms with Crippen LogP contribution in [0.15, 0.2) is 48.5 Å². The Hall–Kier alpha value is -1.37. The van der Waals surface area contributed by atoms with Gasteiger partial charge in [-0.2, -0.15) is 48.4 Å².